The van der Waals surface area contributed by atoms with Crippen LogP contribution in [0.5, 0.6) is 0 Å². The largest absolute Gasteiger partial charge is 0.323 e. The van der Waals surface area contributed by atoms with Crippen LogP contribution in [0.25, 0.3) is 6.08 Å². The van der Waals surface area contributed by atoms with Gasteiger partial charge in [-0.2, -0.15) is 0 Å². The number of para-hydroxylation sites is 1. The van der Waals surface area contributed by atoms with Crippen LogP contribution >= 0.6 is 11.8 Å². The van der Waals surface area contributed by atoms with Crippen molar-refractivity contribution in [2.45, 2.75) is 24.0 Å². The first-order valence-corrected chi connectivity index (χ1v) is 13.4. The summed E-state index contributed by atoms with van der Waals surface area (Å²) >= 11 is 1.30. The van der Waals surface area contributed by atoms with Crippen molar-refractivity contribution in [1.82, 2.24) is 5.32 Å². The molecule has 0 aliphatic carbocycles. The molecule has 3 amide bonds. The first-order valence-electron chi connectivity index (χ1n) is 12.6. The maximum absolute atomic E-state index is 13.9. The lowest BCUT2D eigenvalue weighted by Crippen LogP contribution is -2.30. The lowest BCUT2D eigenvalue weighted by Gasteiger charge is -2.14. The third-order valence-electron chi connectivity index (χ3n) is 5.84. The number of hydrogen-bond donors (Lipinski definition) is 3. The number of nitrogens with one attached hydrogen (secondary N) is 3. The second kappa shape index (κ2) is 13.4. The molecular weight excluding hydrogens is 525 g/mol. The first-order chi connectivity index (χ1) is 19.3. The highest BCUT2D eigenvalue weighted by Gasteiger charge is 2.17. The smallest absolute Gasteiger partial charge is 0.272 e. The first kappa shape index (κ1) is 28.3. The average molecular weight is 554 g/mol. The quantitative estimate of drug-likeness (QED) is 0.160. The summed E-state index contributed by atoms with van der Waals surface area (Å²) in [6.45, 7) is 3.70. The molecular formula is C32H28FN3O3S. The fourth-order valence-corrected chi connectivity index (χ4v) is 4.51. The molecule has 0 saturated carbocycles. The molecule has 0 aromatic heterocycles. The number of benzene rings is 4. The number of anilines is 2. The van der Waals surface area contributed by atoms with Crippen LogP contribution in [-0.2, 0) is 9.59 Å². The number of rotatable bonds is 9. The topological polar surface area (TPSA) is 87.3 Å². The second-order valence-electron chi connectivity index (χ2n) is 9.00. The Labute approximate surface area is 236 Å². The predicted octanol–water partition coefficient (Wildman–Crippen LogP) is 6.66. The Morgan fingerprint density at radius 1 is 0.800 bits per heavy atom. The lowest BCUT2D eigenvalue weighted by atomic mass is 10.1. The van der Waals surface area contributed by atoms with Crippen molar-refractivity contribution in [1.29, 1.82) is 0 Å². The van der Waals surface area contributed by atoms with Crippen molar-refractivity contribution >= 4 is 46.9 Å². The molecule has 0 aliphatic rings. The number of thioether (sulfide) groups is 1. The zero-order valence-electron chi connectivity index (χ0n) is 22.0. The van der Waals surface area contributed by atoms with E-state index in [0.717, 1.165) is 16.0 Å². The van der Waals surface area contributed by atoms with E-state index in [9.17, 15) is 18.8 Å². The van der Waals surface area contributed by atoms with Gasteiger partial charge in [0.25, 0.3) is 11.8 Å². The molecule has 1 atom stereocenters. The zero-order chi connectivity index (χ0) is 28.5. The molecule has 4 rings (SSSR count). The minimum atomic E-state index is -0.496. The summed E-state index contributed by atoms with van der Waals surface area (Å²) in [5.41, 5.74) is 3.01. The highest BCUT2D eigenvalue weighted by atomic mass is 32.2. The molecule has 0 heterocycles. The number of aryl methyl sites for hydroxylation is 1. The third-order valence-corrected chi connectivity index (χ3v) is 6.96. The summed E-state index contributed by atoms with van der Waals surface area (Å²) in [6.07, 6.45) is 1.62. The van der Waals surface area contributed by atoms with E-state index in [1.54, 1.807) is 73.7 Å². The molecule has 4 aromatic carbocycles. The van der Waals surface area contributed by atoms with Gasteiger partial charge in [0, 0.05) is 16.1 Å². The van der Waals surface area contributed by atoms with E-state index in [0.29, 0.717) is 11.3 Å². The van der Waals surface area contributed by atoms with Gasteiger partial charge in [0.15, 0.2) is 0 Å². The normalized spacial score (nSPS) is 11.8. The molecule has 0 radical (unpaired) electrons. The van der Waals surface area contributed by atoms with Gasteiger partial charge in [-0.3, -0.25) is 14.4 Å². The van der Waals surface area contributed by atoms with Gasteiger partial charge in [0.1, 0.15) is 11.5 Å². The second-order valence-corrected chi connectivity index (χ2v) is 10.4. The SMILES string of the molecule is Cc1ccc(/C=C(\NC(=O)c2ccccc2)C(=O)Nc2ccc(SC(C)C(=O)Nc3ccccc3F)cc2)cc1. The monoisotopic (exact) mass is 553 g/mol. The summed E-state index contributed by atoms with van der Waals surface area (Å²) in [4.78, 5) is 39.3. The fourth-order valence-electron chi connectivity index (χ4n) is 3.64. The van der Waals surface area contributed by atoms with Crippen LogP contribution in [0.15, 0.2) is 114 Å². The van der Waals surface area contributed by atoms with Crippen LogP contribution in [0.4, 0.5) is 15.8 Å². The molecule has 0 aliphatic heterocycles. The third kappa shape index (κ3) is 7.91. The van der Waals surface area contributed by atoms with E-state index in [-0.39, 0.29) is 17.3 Å². The Balaban J connectivity index is 1.43. The Morgan fingerprint density at radius 3 is 2.12 bits per heavy atom. The van der Waals surface area contributed by atoms with Crippen molar-refractivity contribution in [3.05, 3.63) is 131 Å². The lowest BCUT2D eigenvalue weighted by molar-refractivity contribution is -0.115. The average Bonchev–Trinajstić information content (AvgIpc) is 2.96. The van der Waals surface area contributed by atoms with Gasteiger partial charge in [0.2, 0.25) is 5.91 Å². The van der Waals surface area contributed by atoms with Gasteiger partial charge >= 0.3 is 0 Å². The number of carbonyl (C=O) groups excluding carboxylic acids is 3. The molecule has 3 N–H and O–H groups in total. The molecule has 0 bridgehead atoms. The van der Waals surface area contributed by atoms with Crippen LogP contribution < -0.4 is 16.0 Å². The molecule has 40 heavy (non-hydrogen) atoms. The van der Waals surface area contributed by atoms with Crippen LogP contribution in [0, 0.1) is 12.7 Å². The highest BCUT2D eigenvalue weighted by Crippen LogP contribution is 2.26. The molecule has 4 aromatic rings. The molecule has 0 fully saturated rings. The standard InChI is InChI=1S/C32H28FN3O3S/c1-21-12-14-23(15-13-21)20-29(36-31(38)24-8-4-3-5-9-24)32(39)34-25-16-18-26(19-17-25)40-22(2)30(37)35-28-11-7-6-10-27(28)33/h3-20,22H,1-2H3,(H,34,39)(H,35,37)(H,36,38)/b29-20-. The maximum Gasteiger partial charge on any atom is 0.272 e. The minimum Gasteiger partial charge on any atom is -0.323 e. The molecule has 0 spiro atoms. The van der Waals surface area contributed by atoms with E-state index in [1.807, 2.05) is 37.3 Å². The van der Waals surface area contributed by atoms with Crippen molar-refractivity contribution in [3.8, 4) is 0 Å². The van der Waals surface area contributed by atoms with Gasteiger partial charge in [-0.05, 0) is 74.0 Å². The molecule has 8 heteroatoms. The van der Waals surface area contributed by atoms with Crippen LogP contribution in [0.3, 0.4) is 0 Å². The predicted molar refractivity (Wildman–Crippen MR) is 158 cm³/mol. The molecule has 202 valence electrons. The summed E-state index contributed by atoms with van der Waals surface area (Å²) < 4.78 is 13.9. The van der Waals surface area contributed by atoms with E-state index < -0.39 is 22.9 Å². The van der Waals surface area contributed by atoms with Crippen molar-refractivity contribution in [3.63, 3.8) is 0 Å². The number of carbonyl (C=O) groups is 3. The van der Waals surface area contributed by atoms with Gasteiger partial charge in [-0.15, -0.1) is 11.8 Å². The van der Waals surface area contributed by atoms with Gasteiger partial charge in [-0.25, -0.2) is 4.39 Å². The molecule has 0 saturated heterocycles. The summed E-state index contributed by atoms with van der Waals surface area (Å²) in [5, 5.41) is 7.65. The van der Waals surface area contributed by atoms with Gasteiger partial charge in [0.05, 0.1) is 10.9 Å². The van der Waals surface area contributed by atoms with Crippen molar-refractivity contribution in [2.75, 3.05) is 10.6 Å². The van der Waals surface area contributed by atoms with Gasteiger partial charge in [-0.1, -0.05) is 60.2 Å². The number of halogens is 1. The Hall–Kier alpha value is -4.69. The molecule has 1 unspecified atom stereocenters. The maximum atomic E-state index is 13.9. The molecule has 6 nitrogen and oxygen atoms in total. The number of hydrogen-bond acceptors (Lipinski definition) is 4. The van der Waals surface area contributed by atoms with Crippen molar-refractivity contribution < 1.29 is 18.8 Å². The number of amides is 3. The van der Waals surface area contributed by atoms with E-state index >= 15 is 0 Å². The van der Waals surface area contributed by atoms with Crippen LogP contribution in [-0.4, -0.2) is 23.0 Å². The summed E-state index contributed by atoms with van der Waals surface area (Å²) in [6, 6.07) is 29.2. The Morgan fingerprint density at radius 2 is 1.45 bits per heavy atom. The Bertz CT molecular complexity index is 1520. The van der Waals surface area contributed by atoms with Gasteiger partial charge < -0.3 is 16.0 Å². The summed E-state index contributed by atoms with van der Waals surface area (Å²) in [5.74, 6) is -1.71. The van der Waals surface area contributed by atoms with E-state index in [1.165, 1.54) is 23.9 Å². The highest BCUT2D eigenvalue weighted by molar-refractivity contribution is 8.00. The summed E-state index contributed by atoms with van der Waals surface area (Å²) in [7, 11) is 0. The van der Waals surface area contributed by atoms with Crippen LogP contribution in [0.1, 0.15) is 28.4 Å². The fraction of sp³-hybridized carbons (Fsp3) is 0.0938. The van der Waals surface area contributed by atoms with E-state index in [4.69, 9.17) is 0 Å². The minimum absolute atomic E-state index is 0.0922. The van der Waals surface area contributed by atoms with Crippen molar-refractivity contribution in [2.24, 2.45) is 0 Å². The van der Waals surface area contributed by atoms with E-state index in [2.05, 4.69) is 16.0 Å². The Kier molecular flexibility index (Phi) is 9.48. The zero-order valence-corrected chi connectivity index (χ0v) is 22.8. The van der Waals surface area contributed by atoms with Crippen LogP contribution in [0.2, 0.25) is 0 Å².